The fraction of sp³-hybridized carbons (Fsp3) is 0.370. The Morgan fingerprint density at radius 2 is 1.75 bits per heavy atom. The molecular weight excluding hydrogens is 464 g/mol. The number of morpholine rings is 1. The maximum absolute atomic E-state index is 13.2. The molecule has 1 amide bonds. The molecule has 36 heavy (non-hydrogen) atoms. The molecule has 1 atom stereocenters. The van der Waals surface area contributed by atoms with E-state index in [1.54, 1.807) is 48.5 Å². The number of Topliss-reactive ketones (excluding diaryl/α,β-unsaturated/α-hetero) is 1. The number of ketones is 1. The fourth-order valence-corrected chi connectivity index (χ4v) is 4.59. The van der Waals surface area contributed by atoms with E-state index >= 15 is 0 Å². The molecule has 0 bridgehead atoms. The third-order valence-electron chi connectivity index (χ3n) is 6.51. The van der Waals surface area contributed by atoms with Crippen molar-refractivity contribution in [1.82, 2.24) is 9.80 Å². The summed E-state index contributed by atoms with van der Waals surface area (Å²) in [5.41, 5.74) is 1.33. The standard InChI is InChI=1S/C27H30N2O7/c1-34-21-6-3-5-20(17-21)24(30)22-23(18-7-9-19(10-8-18)27(33)35-2)29(26(32)25(22)31)12-4-11-28-13-15-36-16-14-28/h3,5-10,17,23,30H,4,11-16H2,1-2H3/b24-22+/t23-/m1/s1. The second kappa shape index (κ2) is 11.4. The molecule has 0 spiro atoms. The quantitative estimate of drug-likeness (QED) is 0.258. The zero-order chi connectivity index (χ0) is 25.7. The van der Waals surface area contributed by atoms with Gasteiger partial charge in [-0.15, -0.1) is 0 Å². The lowest BCUT2D eigenvalue weighted by molar-refractivity contribution is -0.140. The first-order valence-electron chi connectivity index (χ1n) is 11.9. The van der Waals surface area contributed by atoms with E-state index in [0.717, 1.165) is 19.6 Å². The van der Waals surface area contributed by atoms with E-state index in [9.17, 15) is 19.5 Å². The Bertz CT molecular complexity index is 1150. The monoisotopic (exact) mass is 494 g/mol. The van der Waals surface area contributed by atoms with Gasteiger partial charge < -0.3 is 24.2 Å². The molecule has 2 heterocycles. The summed E-state index contributed by atoms with van der Waals surface area (Å²) in [6.45, 7) is 4.10. The highest BCUT2D eigenvalue weighted by atomic mass is 16.5. The molecule has 0 unspecified atom stereocenters. The molecule has 2 aliphatic heterocycles. The number of carbonyl (C=O) groups is 3. The minimum atomic E-state index is -0.799. The van der Waals surface area contributed by atoms with Crippen LogP contribution in [0.2, 0.25) is 0 Å². The Morgan fingerprint density at radius 3 is 2.42 bits per heavy atom. The zero-order valence-electron chi connectivity index (χ0n) is 20.4. The van der Waals surface area contributed by atoms with E-state index in [2.05, 4.69) is 4.90 Å². The summed E-state index contributed by atoms with van der Waals surface area (Å²) < 4.78 is 15.4. The minimum absolute atomic E-state index is 0.00504. The SMILES string of the molecule is COC(=O)c1ccc([C@@H]2/C(=C(\O)c3cccc(OC)c3)C(=O)C(=O)N2CCCN2CCOCC2)cc1. The fourth-order valence-electron chi connectivity index (χ4n) is 4.59. The molecule has 9 heteroatoms. The number of nitrogens with zero attached hydrogens (tertiary/aromatic N) is 2. The largest absolute Gasteiger partial charge is 0.507 e. The van der Waals surface area contributed by atoms with Crippen LogP contribution in [0, 0.1) is 0 Å². The maximum Gasteiger partial charge on any atom is 0.337 e. The smallest absolute Gasteiger partial charge is 0.337 e. The van der Waals surface area contributed by atoms with Crippen LogP contribution in [0.5, 0.6) is 5.75 Å². The Hall–Kier alpha value is -3.69. The second-order valence-electron chi connectivity index (χ2n) is 8.65. The van der Waals surface area contributed by atoms with E-state index in [-0.39, 0.29) is 11.3 Å². The van der Waals surface area contributed by atoms with Gasteiger partial charge in [0, 0.05) is 31.7 Å². The van der Waals surface area contributed by atoms with Crippen molar-refractivity contribution < 1.29 is 33.7 Å². The van der Waals surface area contributed by atoms with E-state index in [0.29, 0.717) is 48.6 Å². The van der Waals surface area contributed by atoms with Gasteiger partial charge in [0.15, 0.2) is 0 Å². The van der Waals surface area contributed by atoms with Gasteiger partial charge in [-0.05, 0) is 36.2 Å². The molecule has 2 aliphatic rings. The lowest BCUT2D eigenvalue weighted by atomic mass is 9.94. The number of methoxy groups -OCH3 is 2. The lowest BCUT2D eigenvalue weighted by Gasteiger charge is -2.29. The van der Waals surface area contributed by atoms with Crippen LogP contribution in [0.4, 0.5) is 0 Å². The number of aliphatic hydroxyl groups is 1. The Kier molecular flexibility index (Phi) is 8.02. The van der Waals surface area contributed by atoms with Crippen LogP contribution in [-0.4, -0.2) is 86.2 Å². The van der Waals surface area contributed by atoms with Crippen molar-refractivity contribution >= 4 is 23.4 Å². The summed E-state index contributed by atoms with van der Waals surface area (Å²) in [6, 6.07) is 12.4. The summed E-state index contributed by atoms with van der Waals surface area (Å²) in [5, 5.41) is 11.2. The zero-order valence-corrected chi connectivity index (χ0v) is 20.4. The number of amides is 1. The molecule has 0 radical (unpaired) electrons. The van der Waals surface area contributed by atoms with Crippen LogP contribution in [0.15, 0.2) is 54.1 Å². The Labute approximate surface area is 209 Å². The summed E-state index contributed by atoms with van der Waals surface area (Å²) in [7, 11) is 2.81. The molecule has 9 nitrogen and oxygen atoms in total. The second-order valence-corrected chi connectivity index (χ2v) is 8.65. The summed E-state index contributed by atoms with van der Waals surface area (Å²) >= 11 is 0. The third-order valence-corrected chi connectivity index (χ3v) is 6.51. The molecule has 0 saturated carbocycles. The molecule has 2 fully saturated rings. The predicted octanol–water partition coefficient (Wildman–Crippen LogP) is 2.63. The van der Waals surface area contributed by atoms with Crippen molar-refractivity contribution in [2.24, 2.45) is 0 Å². The number of esters is 1. The Balaban J connectivity index is 1.69. The van der Waals surface area contributed by atoms with E-state index in [1.807, 2.05) is 0 Å². The third kappa shape index (κ3) is 5.27. The van der Waals surface area contributed by atoms with Gasteiger partial charge in [-0.2, -0.15) is 0 Å². The van der Waals surface area contributed by atoms with Gasteiger partial charge in [0.25, 0.3) is 11.7 Å². The number of carbonyl (C=O) groups excluding carboxylic acids is 3. The number of benzene rings is 2. The number of rotatable bonds is 8. The molecule has 0 aromatic heterocycles. The number of likely N-dealkylation sites (tertiary alicyclic amines) is 1. The van der Waals surface area contributed by atoms with E-state index in [1.165, 1.54) is 19.1 Å². The average molecular weight is 495 g/mol. The number of ether oxygens (including phenoxy) is 3. The minimum Gasteiger partial charge on any atom is -0.507 e. The highest BCUT2D eigenvalue weighted by Crippen LogP contribution is 2.40. The number of hydrogen-bond donors (Lipinski definition) is 1. The van der Waals surface area contributed by atoms with E-state index in [4.69, 9.17) is 14.2 Å². The highest BCUT2D eigenvalue weighted by molar-refractivity contribution is 6.46. The summed E-state index contributed by atoms with van der Waals surface area (Å²) in [4.78, 5) is 42.0. The molecule has 2 saturated heterocycles. The van der Waals surface area contributed by atoms with Gasteiger partial charge in [-0.1, -0.05) is 24.3 Å². The van der Waals surface area contributed by atoms with Crippen molar-refractivity contribution in [3.8, 4) is 5.75 Å². The van der Waals surface area contributed by atoms with Crippen molar-refractivity contribution in [2.75, 3.05) is 53.6 Å². The van der Waals surface area contributed by atoms with Crippen LogP contribution < -0.4 is 4.74 Å². The van der Waals surface area contributed by atoms with Gasteiger partial charge in [0.1, 0.15) is 11.5 Å². The van der Waals surface area contributed by atoms with Crippen molar-refractivity contribution in [2.45, 2.75) is 12.5 Å². The van der Waals surface area contributed by atoms with Gasteiger partial charge >= 0.3 is 5.97 Å². The van der Waals surface area contributed by atoms with Crippen molar-refractivity contribution in [3.63, 3.8) is 0 Å². The van der Waals surface area contributed by atoms with Crippen LogP contribution >= 0.6 is 0 Å². The molecule has 2 aromatic rings. The number of hydrogen-bond acceptors (Lipinski definition) is 8. The Morgan fingerprint density at radius 1 is 1.03 bits per heavy atom. The normalized spacial score (nSPS) is 19.9. The molecule has 190 valence electrons. The molecule has 4 rings (SSSR count). The van der Waals surface area contributed by atoms with Crippen LogP contribution in [0.3, 0.4) is 0 Å². The first kappa shape index (κ1) is 25.4. The van der Waals surface area contributed by atoms with Crippen LogP contribution in [0.1, 0.15) is 33.9 Å². The highest BCUT2D eigenvalue weighted by Gasteiger charge is 2.45. The summed E-state index contributed by atoms with van der Waals surface area (Å²) in [6.07, 6.45) is 0.656. The molecule has 0 aliphatic carbocycles. The van der Waals surface area contributed by atoms with Gasteiger partial charge in [0.05, 0.1) is 44.6 Å². The molecular formula is C27H30N2O7. The van der Waals surface area contributed by atoms with Crippen molar-refractivity contribution in [1.29, 1.82) is 0 Å². The molecule has 1 N–H and O–H groups in total. The topological polar surface area (TPSA) is 106 Å². The maximum atomic E-state index is 13.2. The van der Waals surface area contributed by atoms with Crippen LogP contribution in [0.25, 0.3) is 5.76 Å². The average Bonchev–Trinajstić information content (AvgIpc) is 3.18. The van der Waals surface area contributed by atoms with Crippen LogP contribution in [-0.2, 0) is 19.1 Å². The van der Waals surface area contributed by atoms with E-state index < -0.39 is 23.7 Å². The molecule has 2 aromatic carbocycles. The summed E-state index contributed by atoms with van der Waals surface area (Å²) in [5.74, 6) is -1.66. The first-order chi connectivity index (χ1) is 17.4. The van der Waals surface area contributed by atoms with Crippen molar-refractivity contribution in [3.05, 3.63) is 70.8 Å². The van der Waals surface area contributed by atoms with Gasteiger partial charge in [-0.3, -0.25) is 14.5 Å². The number of aliphatic hydroxyl groups excluding tert-OH is 1. The predicted molar refractivity (Wildman–Crippen MR) is 132 cm³/mol. The van der Waals surface area contributed by atoms with Gasteiger partial charge in [0.2, 0.25) is 0 Å². The van der Waals surface area contributed by atoms with Gasteiger partial charge in [-0.25, -0.2) is 4.79 Å². The first-order valence-corrected chi connectivity index (χ1v) is 11.9. The lowest BCUT2D eigenvalue weighted by Crippen LogP contribution is -2.39.